The summed E-state index contributed by atoms with van der Waals surface area (Å²) < 4.78 is 5.15. The molecule has 2 nitrogen and oxygen atoms in total. The lowest BCUT2D eigenvalue weighted by atomic mass is 9.92. The Morgan fingerprint density at radius 2 is 1.72 bits per heavy atom. The van der Waals surface area contributed by atoms with Crippen LogP contribution in [-0.2, 0) is 9.53 Å². The molecule has 0 bridgehead atoms. The molecule has 0 saturated carbocycles. The van der Waals surface area contributed by atoms with Gasteiger partial charge in [0, 0.05) is 5.57 Å². The molecule has 0 fully saturated rings. The monoisotopic (exact) mass is 246 g/mol. The number of rotatable bonds is 4. The molecule has 0 radical (unpaired) electrons. The van der Waals surface area contributed by atoms with Gasteiger partial charge in [-0.25, -0.2) is 4.79 Å². The van der Waals surface area contributed by atoms with Crippen LogP contribution in [0.4, 0.5) is 0 Å². The first-order valence-corrected chi connectivity index (χ1v) is 7.00. The molecule has 0 unspecified atom stereocenters. The summed E-state index contributed by atoms with van der Waals surface area (Å²) in [6.45, 7) is 4.21. The molecule has 2 heteroatoms. The lowest BCUT2D eigenvalue weighted by Crippen LogP contribution is -2.09. The molecule has 0 heterocycles. The zero-order valence-electron chi connectivity index (χ0n) is 11.4. The largest absolute Gasteiger partial charge is 0.463 e. The van der Waals surface area contributed by atoms with E-state index in [1.807, 2.05) is 13.8 Å². The Balaban J connectivity index is 2.34. The quantitative estimate of drug-likeness (QED) is 0.551. The van der Waals surface area contributed by atoms with Crippen molar-refractivity contribution < 1.29 is 9.53 Å². The maximum absolute atomic E-state index is 12.0. The van der Waals surface area contributed by atoms with E-state index in [1.54, 1.807) is 0 Å². The highest BCUT2D eigenvalue weighted by Gasteiger charge is 2.22. The Labute approximate surface area is 109 Å². The van der Waals surface area contributed by atoms with Crippen LogP contribution < -0.4 is 0 Å². The van der Waals surface area contributed by atoms with Crippen LogP contribution >= 0.6 is 0 Å². The average molecular weight is 246 g/mol. The Morgan fingerprint density at radius 3 is 2.11 bits per heavy atom. The van der Waals surface area contributed by atoms with Gasteiger partial charge in [0.2, 0.25) is 0 Å². The summed E-state index contributed by atoms with van der Waals surface area (Å²) in [5, 5.41) is 0. The van der Waals surface area contributed by atoms with Crippen molar-refractivity contribution >= 4 is 5.97 Å². The fourth-order valence-electron chi connectivity index (χ4n) is 2.83. The Morgan fingerprint density at radius 1 is 1.17 bits per heavy atom. The van der Waals surface area contributed by atoms with Crippen molar-refractivity contribution in [1.82, 2.24) is 0 Å². The average Bonchev–Trinajstić information content (AvgIpc) is 3.02. The van der Waals surface area contributed by atoms with Crippen LogP contribution in [-0.4, -0.2) is 12.6 Å². The van der Waals surface area contributed by atoms with Crippen molar-refractivity contribution in [3.8, 4) is 0 Å². The minimum atomic E-state index is -0.159. The number of esters is 1. The van der Waals surface area contributed by atoms with Gasteiger partial charge < -0.3 is 4.74 Å². The van der Waals surface area contributed by atoms with E-state index in [0.717, 1.165) is 31.3 Å². The second-order valence-electron chi connectivity index (χ2n) is 4.96. The lowest BCUT2D eigenvalue weighted by molar-refractivity contribution is -0.138. The zero-order chi connectivity index (χ0) is 13.0. The number of hydrogen-bond acceptors (Lipinski definition) is 2. The van der Waals surface area contributed by atoms with Crippen molar-refractivity contribution in [2.75, 3.05) is 6.61 Å². The SMILES string of the molecule is CCOC(=O)C(C)=C(C1=CCCC1)C1=CCCC1. The summed E-state index contributed by atoms with van der Waals surface area (Å²) in [7, 11) is 0. The molecule has 0 aromatic rings. The van der Waals surface area contributed by atoms with E-state index in [2.05, 4.69) is 12.2 Å². The lowest BCUT2D eigenvalue weighted by Gasteiger charge is -2.14. The molecule has 2 aliphatic rings. The molecular weight excluding hydrogens is 224 g/mol. The van der Waals surface area contributed by atoms with Gasteiger partial charge >= 0.3 is 5.97 Å². The van der Waals surface area contributed by atoms with Crippen molar-refractivity contribution in [3.05, 3.63) is 34.4 Å². The predicted octanol–water partition coefficient (Wildman–Crippen LogP) is 4.09. The van der Waals surface area contributed by atoms with Gasteiger partial charge in [-0.1, -0.05) is 12.2 Å². The van der Waals surface area contributed by atoms with Gasteiger partial charge in [0.15, 0.2) is 0 Å². The Hall–Kier alpha value is -1.31. The van der Waals surface area contributed by atoms with Crippen molar-refractivity contribution in [1.29, 1.82) is 0 Å². The summed E-state index contributed by atoms with van der Waals surface area (Å²) >= 11 is 0. The number of allylic oxidation sites excluding steroid dienone is 5. The minimum absolute atomic E-state index is 0.159. The van der Waals surface area contributed by atoms with Crippen LogP contribution in [0.25, 0.3) is 0 Å². The molecule has 0 spiro atoms. The topological polar surface area (TPSA) is 26.3 Å². The Bertz CT molecular complexity index is 398. The molecule has 98 valence electrons. The van der Waals surface area contributed by atoms with Gasteiger partial charge in [0.25, 0.3) is 0 Å². The number of ether oxygens (including phenoxy) is 1. The van der Waals surface area contributed by atoms with Gasteiger partial charge in [-0.2, -0.15) is 0 Å². The molecule has 18 heavy (non-hydrogen) atoms. The van der Waals surface area contributed by atoms with Gasteiger partial charge in [-0.3, -0.25) is 0 Å². The summed E-state index contributed by atoms with van der Waals surface area (Å²) in [5.41, 5.74) is 4.68. The number of carbonyl (C=O) groups is 1. The Kier molecular flexibility index (Phi) is 4.40. The first kappa shape index (κ1) is 13.1. The maximum atomic E-state index is 12.0. The minimum Gasteiger partial charge on any atom is -0.463 e. The number of hydrogen-bond donors (Lipinski definition) is 0. The standard InChI is InChI=1S/C16H22O2/c1-3-18-16(17)12(2)15(13-8-4-5-9-13)14-10-6-7-11-14/h8,10H,3-7,9,11H2,1-2H3. The smallest absolute Gasteiger partial charge is 0.334 e. The fourth-order valence-corrected chi connectivity index (χ4v) is 2.83. The third-order valence-electron chi connectivity index (χ3n) is 3.68. The normalized spacial score (nSPS) is 18.3. The molecule has 0 aromatic heterocycles. The van der Waals surface area contributed by atoms with E-state index in [9.17, 15) is 4.79 Å². The van der Waals surface area contributed by atoms with E-state index >= 15 is 0 Å². The van der Waals surface area contributed by atoms with Crippen LogP contribution in [0.15, 0.2) is 34.4 Å². The molecule has 0 amide bonds. The third kappa shape index (κ3) is 2.74. The molecule has 2 aliphatic carbocycles. The van der Waals surface area contributed by atoms with E-state index in [1.165, 1.54) is 29.6 Å². The summed E-state index contributed by atoms with van der Waals surface area (Å²) in [6.07, 6.45) is 11.5. The molecule has 0 saturated heterocycles. The molecule has 0 atom stereocenters. The van der Waals surface area contributed by atoms with E-state index < -0.39 is 0 Å². The highest BCUT2D eigenvalue weighted by molar-refractivity contribution is 5.91. The van der Waals surface area contributed by atoms with E-state index in [4.69, 9.17) is 4.74 Å². The first-order valence-electron chi connectivity index (χ1n) is 7.00. The van der Waals surface area contributed by atoms with Crippen LogP contribution in [0.1, 0.15) is 52.4 Å². The maximum Gasteiger partial charge on any atom is 0.334 e. The number of carbonyl (C=O) groups excluding carboxylic acids is 1. The van der Waals surface area contributed by atoms with E-state index in [0.29, 0.717) is 6.61 Å². The summed E-state index contributed by atoms with van der Waals surface area (Å²) in [4.78, 5) is 12.0. The molecule has 0 aliphatic heterocycles. The van der Waals surface area contributed by atoms with Crippen LogP contribution in [0.5, 0.6) is 0 Å². The third-order valence-corrected chi connectivity index (χ3v) is 3.68. The van der Waals surface area contributed by atoms with Gasteiger partial charge in [-0.05, 0) is 69.1 Å². The highest BCUT2D eigenvalue weighted by Crippen LogP contribution is 2.36. The van der Waals surface area contributed by atoms with Crippen LogP contribution in [0, 0.1) is 0 Å². The van der Waals surface area contributed by atoms with Gasteiger partial charge in [0.1, 0.15) is 0 Å². The first-order chi connectivity index (χ1) is 8.74. The van der Waals surface area contributed by atoms with Crippen LogP contribution in [0.2, 0.25) is 0 Å². The molecular formula is C16H22O2. The van der Waals surface area contributed by atoms with Crippen molar-refractivity contribution in [2.24, 2.45) is 0 Å². The second-order valence-corrected chi connectivity index (χ2v) is 4.96. The van der Waals surface area contributed by atoms with Gasteiger partial charge in [-0.15, -0.1) is 0 Å². The molecule has 0 N–H and O–H groups in total. The molecule has 2 rings (SSSR count). The zero-order valence-corrected chi connectivity index (χ0v) is 11.4. The molecule has 0 aromatic carbocycles. The summed E-state index contributed by atoms with van der Waals surface area (Å²) in [6, 6.07) is 0. The fraction of sp³-hybridized carbons (Fsp3) is 0.562. The van der Waals surface area contributed by atoms with E-state index in [-0.39, 0.29) is 5.97 Å². The summed E-state index contributed by atoms with van der Waals surface area (Å²) in [5.74, 6) is -0.159. The van der Waals surface area contributed by atoms with Crippen molar-refractivity contribution in [2.45, 2.75) is 52.4 Å². The predicted molar refractivity (Wildman–Crippen MR) is 73.2 cm³/mol. The second kappa shape index (κ2) is 6.03. The highest BCUT2D eigenvalue weighted by atomic mass is 16.5. The van der Waals surface area contributed by atoms with Crippen molar-refractivity contribution in [3.63, 3.8) is 0 Å². The van der Waals surface area contributed by atoms with Crippen LogP contribution in [0.3, 0.4) is 0 Å². The van der Waals surface area contributed by atoms with Gasteiger partial charge in [0.05, 0.1) is 6.61 Å².